The highest BCUT2D eigenvalue weighted by atomic mass is 32.1. The van der Waals surface area contributed by atoms with Crippen molar-refractivity contribution in [3.05, 3.63) is 15.6 Å². The number of nitro groups is 1. The van der Waals surface area contributed by atoms with Gasteiger partial charge in [0, 0.05) is 13.1 Å². The second-order valence-corrected chi connectivity index (χ2v) is 4.12. The van der Waals surface area contributed by atoms with Crippen LogP contribution in [-0.4, -0.2) is 23.0 Å². The molecule has 0 amide bonds. The third-order valence-electron chi connectivity index (χ3n) is 2.35. The van der Waals surface area contributed by atoms with Crippen LogP contribution >= 0.6 is 11.3 Å². The molecular weight excluding hydrogens is 202 g/mol. The van der Waals surface area contributed by atoms with Crippen molar-refractivity contribution >= 4 is 22.2 Å². The highest BCUT2D eigenvalue weighted by Gasteiger charge is 2.24. The van der Waals surface area contributed by atoms with Crippen LogP contribution in [0.2, 0.25) is 0 Å². The topological polar surface area (TPSA) is 59.3 Å². The van der Waals surface area contributed by atoms with E-state index in [1.54, 1.807) is 5.51 Å². The third-order valence-corrected chi connectivity index (χ3v) is 3.22. The van der Waals surface area contributed by atoms with Crippen molar-refractivity contribution in [2.45, 2.75) is 19.3 Å². The summed E-state index contributed by atoms with van der Waals surface area (Å²) >= 11 is 1.36. The molecule has 14 heavy (non-hydrogen) atoms. The van der Waals surface area contributed by atoms with Crippen LogP contribution in [0.15, 0.2) is 5.51 Å². The predicted octanol–water partition coefficient (Wildman–Crippen LogP) is 2.04. The molecule has 1 aliphatic heterocycles. The van der Waals surface area contributed by atoms with Crippen LogP contribution in [0.3, 0.4) is 0 Å². The largest absolute Gasteiger partial charge is 0.398 e. The Morgan fingerprint density at radius 3 is 2.79 bits per heavy atom. The maximum absolute atomic E-state index is 10.6. The summed E-state index contributed by atoms with van der Waals surface area (Å²) in [4.78, 5) is 16.1. The first-order valence-electron chi connectivity index (χ1n) is 4.62. The summed E-state index contributed by atoms with van der Waals surface area (Å²) in [6.07, 6.45) is 3.47. The quantitative estimate of drug-likeness (QED) is 0.557. The van der Waals surface area contributed by atoms with Crippen molar-refractivity contribution in [1.82, 2.24) is 4.98 Å². The molecule has 1 aliphatic rings. The summed E-state index contributed by atoms with van der Waals surface area (Å²) in [7, 11) is 0. The predicted molar refractivity (Wildman–Crippen MR) is 54.8 cm³/mol. The van der Waals surface area contributed by atoms with Crippen LogP contribution < -0.4 is 4.90 Å². The van der Waals surface area contributed by atoms with E-state index in [1.165, 1.54) is 17.8 Å². The zero-order valence-corrected chi connectivity index (χ0v) is 8.50. The fourth-order valence-electron chi connectivity index (χ4n) is 1.67. The van der Waals surface area contributed by atoms with Gasteiger partial charge >= 0.3 is 5.82 Å². The monoisotopic (exact) mass is 213 g/mol. The summed E-state index contributed by atoms with van der Waals surface area (Å²) in [5.41, 5.74) is 1.54. The SMILES string of the molecule is O=[N+]([O-])c1ncsc1N1CCCCC1. The van der Waals surface area contributed by atoms with E-state index in [0.717, 1.165) is 30.9 Å². The van der Waals surface area contributed by atoms with Gasteiger partial charge in [0.1, 0.15) is 0 Å². The van der Waals surface area contributed by atoms with Gasteiger partial charge in [0.15, 0.2) is 10.5 Å². The van der Waals surface area contributed by atoms with Gasteiger partial charge < -0.3 is 15.0 Å². The van der Waals surface area contributed by atoms with Crippen LogP contribution in [0.5, 0.6) is 0 Å². The van der Waals surface area contributed by atoms with Crippen molar-refractivity contribution in [3.63, 3.8) is 0 Å². The average molecular weight is 213 g/mol. The minimum absolute atomic E-state index is 0.0110. The molecule has 1 saturated heterocycles. The van der Waals surface area contributed by atoms with Crippen molar-refractivity contribution in [2.24, 2.45) is 0 Å². The molecule has 0 saturated carbocycles. The van der Waals surface area contributed by atoms with E-state index in [0.29, 0.717) is 0 Å². The van der Waals surface area contributed by atoms with Crippen LogP contribution in [0, 0.1) is 10.1 Å². The Morgan fingerprint density at radius 2 is 2.14 bits per heavy atom. The van der Waals surface area contributed by atoms with Crippen LogP contribution in [0.4, 0.5) is 10.8 Å². The van der Waals surface area contributed by atoms with Crippen molar-refractivity contribution in [3.8, 4) is 0 Å². The van der Waals surface area contributed by atoms with Gasteiger partial charge in [-0.15, -0.1) is 0 Å². The van der Waals surface area contributed by atoms with Crippen LogP contribution in [0.1, 0.15) is 19.3 Å². The second kappa shape index (κ2) is 3.91. The van der Waals surface area contributed by atoms with Gasteiger partial charge in [-0.2, -0.15) is 0 Å². The number of thiazole rings is 1. The Balaban J connectivity index is 2.21. The maximum atomic E-state index is 10.6. The Morgan fingerprint density at radius 1 is 1.43 bits per heavy atom. The summed E-state index contributed by atoms with van der Waals surface area (Å²) in [5.74, 6) is 0.0110. The average Bonchev–Trinajstić information content (AvgIpc) is 2.67. The Kier molecular flexibility index (Phi) is 2.62. The maximum Gasteiger partial charge on any atom is 0.398 e. The molecule has 0 N–H and O–H groups in total. The molecule has 76 valence electrons. The standard InChI is InChI=1S/C8H11N3O2S/c12-11(13)7-8(14-6-9-7)10-4-2-1-3-5-10/h6H,1-5H2. The van der Waals surface area contributed by atoms with Crippen molar-refractivity contribution in [2.75, 3.05) is 18.0 Å². The number of hydrogen-bond donors (Lipinski definition) is 0. The number of anilines is 1. The molecule has 0 bridgehead atoms. The molecule has 1 aromatic heterocycles. The Hall–Kier alpha value is -1.17. The van der Waals surface area contributed by atoms with Gasteiger partial charge in [-0.1, -0.05) is 11.3 Å². The number of hydrogen-bond acceptors (Lipinski definition) is 5. The fraction of sp³-hybridized carbons (Fsp3) is 0.625. The van der Waals surface area contributed by atoms with E-state index in [-0.39, 0.29) is 5.82 Å². The lowest BCUT2D eigenvalue weighted by atomic mass is 10.1. The van der Waals surface area contributed by atoms with Crippen molar-refractivity contribution < 1.29 is 4.92 Å². The molecule has 2 heterocycles. The lowest BCUT2D eigenvalue weighted by Gasteiger charge is -2.25. The molecule has 6 heteroatoms. The normalized spacial score (nSPS) is 17.0. The van der Waals surface area contributed by atoms with Gasteiger partial charge in [-0.05, 0) is 29.2 Å². The van der Waals surface area contributed by atoms with E-state index in [4.69, 9.17) is 0 Å². The molecule has 0 aromatic carbocycles. The van der Waals surface area contributed by atoms with E-state index in [9.17, 15) is 10.1 Å². The highest BCUT2D eigenvalue weighted by Crippen LogP contribution is 2.32. The minimum Gasteiger partial charge on any atom is -0.358 e. The fourth-order valence-corrected chi connectivity index (χ4v) is 2.49. The molecule has 2 rings (SSSR count). The number of piperidine rings is 1. The molecule has 0 radical (unpaired) electrons. The van der Waals surface area contributed by atoms with Gasteiger partial charge in [0.05, 0.1) is 0 Å². The highest BCUT2D eigenvalue weighted by molar-refractivity contribution is 7.14. The molecule has 0 atom stereocenters. The number of aromatic nitrogens is 1. The molecule has 0 aliphatic carbocycles. The van der Waals surface area contributed by atoms with E-state index >= 15 is 0 Å². The molecule has 1 fully saturated rings. The lowest BCUT2D eigenvalue weighted by Crippen LogP contribution is -2.29. The van der Waals surface area contributed by atoms with Crippen molar-refractivity contribution in [1.29, 1.82) is 0 Å². The zero-order chi connectivity index (χ0) is 9.97. The Bertz CT molecular complexity index is 333. The molecule has 1 aromatic rings. The zero-order valence-electron chi connectivity index (χ0n) is 7.68. The first kappa shape index (κ1) is 9.39. The summed E-state index contributed by atoms with van der Waals surface area (Å²) in [6.45, 7) is 1.84. The molecule has 0 spiro atoms. The minimum atomic E-state index is -0.402. The van der Waals surface area contributed by atoms with Gasteiger partial charge in [-0.3, -0.25) is 0 Å². The summed E-state index contributed by atoms with van der Waals surface area (Å²) in [5, 5.41) is 11.4. The first-order chi connectivity index (χ1) is 6.79. The van der Waals surface area contributed by atoms with E-state index < -0.39 is 4.92 Å². The van der Waals surface area contributed by atoms with Crippen LogP contribution in [-0.2, 0) is 0 Å². The van der Waals surface area contributed by atoms with Gasteiger partial charge in [-0.25, -0.2) is 0 Å². The third kappa shape index (κ3) is 1.70. The van der Waals surface area contributed by atoms with Gasteiger partial charge in [0.25, 0.3) is 0 Å². The Labute approximate surface area is 85.5 Å². The van der Waals surface area contributed by atoms with Crippen LogP contribution in [0.25, 0.3) is 0 Å². The number of nitrogens with zero attached hydrogens (tertiary/aromatic N) is 3. The van der Waals surface area contributed by atoms with E-state index in [2.05, 4.69) is 9.88 Å². The first-order valence-corrected chi connectivity index (χ1v) is 5.50. The van der Waals surface area contributed by atoms with Gasteiger partial charge in [0.2, 0.25) is 0 Å². The lowest BCUT2D eigenvalue weighted by molar-refractivity contribution is -0.388. The summed E-state index contributed by atoms with van der Waals surface area (Å²) in [6, 6.07) is 0. The van der Waals surface area contributed by atoms with E-state index in [1.807, 2.05) is 0 Å². The molecule has 5 nitrogen and oxygen atoms in total. The number of rotatable bonds is 2. The summed E-state index contributed by atoms with van der Waals surface area (Å²) < 4.78 is 0. The second-order valence-electron chi connectivity index (χ2n) is 3.29. The smallest absolute Gasteiger partial charge is 0.358 e. The molecule has 0 unspecified atom stereocenters. The molecular formula is C8H11N3O2S.